The van der Waals surface area contributed by atoms with Crippen LogP contribution in [-0.4, -0.2) is 25.5 Å². The van der Waals surface area contributed by atoms with E-state index in [0.717, 1.165) is 6.07 Å². The van der Waals surface area contributed by atoms with E-state index < -0.39 is 17.4 Å². The molecule has 1 aromatic carbocycles. The average Bonchev–Trinajstić information content (AvgIpc) is 2.22. The van der Waals surface area contributed by atoms with Crippen LogP contribution in [0.1, 0.15) is 10.4 Å². The number of ketones is 1. The number of benzene rings is 1. The fraction of sp³-hybridized carbons (Fsp3) is 0.300. The van der Waals surface area contributed by atoms with Crippen molar-refractivity contribution in [1.29, 1.82) is 0 Å². The van der Waals surface area contributed by atoms with Crippen LogP contribution in [0.5, 0.6) is 0 Å². The molecule has 3 nitrogen and oxygen atoms in total. The van der Waals surface area contributed by atoms with E-state index in [0.29, 0.717) is 0 Å². The summed E-state index contributed by atoms with van der Waals surface area (Å²) in [5.74, 6) is -2.78. The van der Waals surface area contributed by atoms with Crippen LogP contribution in [0.25, 0.3) is 0 Å². The molecule has 0 aliphatic rings. The number of halogens is 2. The molecule has 0 heterocycles. The monoisotopic (exact) mass is 215 g/mol. The van der Waals surface area contributed by atoms with E-state index in [1.54, 1.807) is 0 Å². The van der Waals surface area contributed by atoms with Crippen molar-refractivity contribution in [2.24, 2.45) is 5.73 Å². The van der Waals surface area contributed by atoms with Gasteiger partial charge in [-0.15, -0.1) is 0 Å². The molecule has 0 spiro atoms. The minimum atomic E-state index is -1.14. The van der Waals surface area contributed by atoms with Gasteiger partial charge in [0.1, 0.15) is 6.61 Å². The highest BCUT2D eigenvalue weighted by Gasteiger charge is 2.14. The summed E-state index contributed by atoms with van der Waals surface area (Å²) in [6.45, 7) is 0.194. The normalized spacial score (nSPS) is 10.3. The predicted molar refractivity (Wildman–Crippen MR) is 50.6 cm³/mol. The molecule has 0 aliphatic carbocycles. The fourth-order valence-electron chi connectivity index (χ4n) is 1.05. The zero-order chi connectivity index (χ0) is 11.3. The lowest BCUT2D eigenvalue weighted by Gasteiger charge is -2.03. The summed E-state index contributed by atoms with van der Waals surface area (Å²) in [6.07, 6.45) is 0. The molecule has 0 aliphatic heterocycles. The molecular formula is C10H11F2NO2. The van der Waals surface area contributed by atoms with Crippen LogP contribution in [0.4, 0.5) is 8.78 Å². The summed E-state index contributed by atoms with van der Waals surface area (Å²) < 4.78 is 30.7. The van der Waals surface area contributed by atoms with Crippen molar-refractivity contribution >= 4 is 5.78 Å². The standard InChI is InChI=1S/C10H11F2NO2/c11-8-3-1-2-7(10(8)12)9(14)6-15-5-4-13/h1-3H,4-6,13H2. The van der Waals surface area contributed by atoms with E-state index in [-0.39, 0.29) is 25.3 Å². The Kier molecular flexibility index (Phi) is 4.33. The third-order valence-electron chi connectivity index (χ3n) is 1.75. The van der Waals surface area contributed by atoms with Gasteiger partial charge in [0.05, 0.1) is 12.2 Å². The number of ether oxygens (including phenoxy) is 1. The van der Waals surface area contributed by atoms with Gasteiger partial charge in [-0.1, -0.05) is 6.07 Å². The Bertz CT molecular complexity index is 355. The van der Waals surface area contributed by atoms with Crippen molar-refractivity contribution in [2.45, 2.75) is 0 Å². The Balaban J connectivity index is 2.69. The van der Waals surface area contributed by atoms with Crippen LogP contribution in [-0.2, 0) is 4.74 Å². The van der Waals surface area contributed by atoms with Gasteiger partial charge in [-0.3, -0.25) is 4.79 Å². The van der Waals surface area contributed by atoms with E-state index in [2.05, 4.69) is 0 Å². The second-order valence-electron chi connectivity index (χ2n) is 2.87. The van der Waals surface area contributed by atoms with Crippen molar-refractivity contribution < 1.29 is 18.3 Å². The summed E-state index contributed by atoms with van der Waals surface area (Å²) in [7, 11) is 0. The Morgan fingerprint density at radius 2 is 2.13 bits per heavy atom. The first-order chi connectivity index (χ1) is 7.16. The Labute approximate surface area is 85.8 Å². The zero-order valence-corrected chi connectivity index (χ0v) is 8.00. The first-order valence-electron chi connectivity index (χ1n) is 4.42. The molecule has 1 aromatic rings. The average molecular weight is 215 g/mol. The van der Waals surface area contributed by atoms with Crippen molar-refractivity contribution in [2.75, 3.05) is 19.8 Å². The van der Waals surface area contributed by atoms with Crippen LogP contribution >= 0.6 is 0 Å². The van der Waals surface area contributed by atoms with Gasteiger partial charge in [0, 0.05) is 6.54 Å². The molecule has 0 radical (unpaired) electrons. The van der Waals surface area contributed by atoms with Crippen molar-refractivity contribution in [3.05, 3.63) is 35.4 Å². The highest BCUT2D eigenvalue weighted by atomic mass is 19.2. The molecule has 0 saturated carbocycles. The zero-order valence-electron chi connectivity index (χ0n) is 8.00. The molecule has 0 atom stereocenters. The van der Waals surface area contributed by atoms with E-state index in [1.807, 2.05) is 0 Å². The second-order valence-corrected chi connectivity index (χ2v) is 2.87. The molecular weight excluding hydrogens is 204 g/mol. The number of hydrogen-bond donors (Lipinski definition) is 1. The number of carbonyl (C=O) groups excluding carboxylic acids is 1. The first-order valence-corrected chi connectivity index (χ1v) is 4.42. The molecule has 5 heteroatoms. The summed E-state index contributed by atoms with van der Waals surface area (Å²) in [4.78, 5) is 11.3. The highest BCUT2D eigenvalue weighted by molar-refractivity contribution is 5.97. The van der Waals surface area contributed by atoms with Crippen LogP contribution < -0.4 is 5.73 Å². The smallest absolute Gasteiger partial charge is 0.191 e. The summed E-state index contributed by atoms with van der Waals surface area (Å²) in [6, 6.07) is 3.44. The molecule has 1 rings (SSSR count). The lowest BCUT2D eigenvalue weighted by molar-refractivity contribution is 0.0769. The maximum absolute atomic E-state index is 13.1. The van der Waals surface area contributed by atoms with Crippen LogP contribution in [0.15, 0.2) is 18.2 Å². The largest absolute Gasteiger partial charge is 0.372 e. The number of nitrogens with two attached hydrogens (primary N) is 1. The van der Waals surface area contributed by atoms with Crippen molar-refractivity contribution in [1.82, 2.24) is 0 Å². The molecule has 0 bridgehead atoms. The second kappa shape index (κ2) is 5.53. The predicted octanol–water partition coefficient (Wildman–Crippen LogP) is 1.12. The van der Waals surface area contributed by atoms with Gasteiger partial charge >= 0.3 is 0 Å². The highest BCUT2D eigenvalue weighted by Crippen LogP contribution is 2.11. The third kappa shape index (κ3) is 3.07. The molecule has 0 aromatic heterocycles. The Hall–Kier alpha value is -1.33. The quantitative estimate of drug-likeness (QED) is 0.591. The van der Waals surface area contributed by atoms with Crippen LogP contribution in [0, 0.1) is 11.6 Å². The summed E-state index contributed by atoms with van der Waals surface area (Å²) >= 11 is 0. The molecule has 82 valence electrons. The van der Waals surface area contributed by atoms with Gasteiger partial charge in [-0.2, -0.15) is 0 Å². The molecule has 0 fully saturated rings. The maximum Gasteiger partial charge on any atom is 0.191 e. The summed E-state index contributed by atoms with van der Waals surface area (Å²) in [5, 5.41) is 0. The lowest BCUT2D eigenvalue weighted by atomic mass is 10.1. The van der Waals surface area contributed by atoms with E-state index in [1.165, 1.54) is 12.1 Å². The molecule has 0 saturated heterocycles. The van der Waals surface area contributed by atoms with Gasteiger partial charge < -0.3 is 10.5 Å². The molecule has 0 amide bonds. The number of carbonyl (C=O) groups is 1. The number of Topliss-reactive ketones (excluding diaryl/α,β-unsaturated/α-hetero) is 1. The molecule has 0 unspecified atom stereocenters. The maximum atomic E-state index is 13.1. The van der Waals surface area contributed by atoms with E-state index in [4.69, 9.17) is 10.5 Å². The number of hydrogen-bond acceptors (Lipinski definition) is 3. The molecule has 15 heavy (non-hydrogen) atoms. The van der Waals surface area contributed by atoms with Gasteiger partial charge in [-0.05, 0) is 12.1 Å². The third-order valence-corrected chi connectivity index (χ3v) is 1.75. The molecule has 2 N–H and O–H groups in total. The van der Waals surface area contributed by atoms with Crippen LogP contribution in [0.2, 0.25) is 0 Å². The van der Waals surface area contributed by atoms with E-state index in [9.17, 15) is 13.6 Å². The van der Waals surface area contributed by atoms with Gasteiger partial charge in [0.15, 0.2) is 17.4 Å². The van der Waals surface area contributed by atoms with Gasteiger partial charge in [0.25, 0.3) is 0 Å². The van der Waals surface area contributed by atoms with Gasteiger partial charge in [-0.25, -0.2) is 8.78 Å². The SMILES string of the molecule is NCCOCC(=O)c1cccc(F)c1F. The van der Waals surface area contributed by atoms with Crippen molar-refractivity contribution in [3.63, 3.8) is 0 Å². The Morgan fingerprint density at radius 3 is 2.80 bits per heavy atom. The Morgan fingerprint density at radius 1 is 1.40 bits per heavy atom. The van der Waals surface area contributed by atoms with Crippen LogP contribution in [0.3, 0.4) is 0 Å². The van der Waals surface area contributed by atoms with Gasteiger partial charge in [0.2, 0.25) is 0 Å². The lowest BCUT2D eigenvalue weighted by Crippen LogP contribution is -2.16. The minimum Gasteiger partial charge on any atom is -0.372 e. The van der Waals surface area contributed by atoms with E-state index >= 15 is 0 Å². The first kappa shape index (κ1) is 11.7. The van der Waals surface area contributed by atoms with Crippen molar-refractivity contribution in [3.8, 4) is 0 Å². The number of rotatable bonds is 5. The fourth-order valence-corrected chi connectivity index (χ4v) is 1.05. The minimum absolute atomic E-state index is 0.211. The topological polar surface area (TPSA) is 52.3 Å². The summed E-state index contributed by atoms with van der Waals surface area (Å²) in [5.41, 5.74) is 4.84.